The molecule has 1 rings (SSSR count). The molecule has 0 aliphatic carbocycles. The van der Waals surface area contributed by atoms with Gasteiger partial charge in [0.1, 0.15) is 0 Å². The summed E-state index contributed by atoms with van der Waals surface area (Å²) >= 11 is 0. The van der Waals surface area contributed by atoms with E-state index in [9.17, 15) is 0 Å². The van der Waals surface area contributed by atoms with Crippen LogP contribution in [0, 0.1) is 0 Å². The van der Waals surface area contributed by atoms with Crippen molar-refractivity contribution in [3.05, 3.63) is 0 Å². The Balaban J connectivity index is 1.90. The molecule has 0 aromatic rings. The smallest absolute Gasteiger partial charge is 0.0700 e. The lowest BCUT2D eigenvalue weighted by atomic mass is 10.1. The molecular formula is C13H27NO. The Morgan fingerprint density at radius 1 is 1.33 bits per heavy atom. The van der Waals surface area contributed by atoms with E-state index < -0.39 is 0 Å². The fourth-order valence-electron chi connectivity index (χ4n) is 2.12. The Hall–Kier alpha value is -0.0800. The normalized spacial score (nSPS) is 23.2. The second-order valence-electron chi connectivity index (χ2n) is 4.79. The molecule has 0 amide bonds. The molecule has 2 nitrogen and oxygen atoms in total. The van der Waals surface area contributed by atoms with E-state index >= 15 is 0 Å². The molecule has 0 aromatic carbocycles. The van der Waals surface area contributed by atoms with Crippen LogP contribution in [0.1, 0.15) is 58.8 Å². The summed E-state index contributed by atoms with van der Waals surface area (Å²) < 4.78 is 5.58. The lowest BCUT2D eigenvalue weighted by Gasteiger charge is -2.16. The lowest BCUT2D eigenvalue weighted by molar-refractivity contribution is 0.107. The molecule has 0 spiro atoms. The van der Waals surface area contributed by atoms with Gasteiger partial charge in [0.25, 0.3) is 0 Å². The van der Waals surface area contributed by atoms with Crippen molar-refractivity contribution in [3.63, 3.8) is 0 Å². The summed E-state index contributed by atoms with van der Waals surface area (Å²) in [5.74, 6) is 0. The van der Waals surface area contributed by atoms with Crippen LogP contribution in [0.15, 0.2) is 0 Å². The van der Waals surface area contributed by atoms with Crippen molar-refractivity contribution in [1.82, 2.24) is 5.32 Å². The fourth-order valence-corrected chi connectivity index (χ4v) is 2.12. The summed E-state index contributed by atoms with van der Waals surface area (Å²) in [4.78, 5) is 0. The van der Waals surface area contributed by atoms with Gasteiger partial charge in [0.05, 0.1) is 6.10 Å². The van der Waals surface area contributed by atoms with Crippen LogP contribution in [0.4, 0.5) is 0 Å². The average Bonchev–Trinajstić information content (AvgIpc) is 2.74. The topological polar surface area (TPSA) is 21.3 Å². The van der Waals surface area contributed by atoms with Crippen LogP contribution in [-0.4, -0.2) is 25.3 Å². The number of hydrogen-bond donors (Lipinski definition) is 1. The molecule has 2 heteroatoms. The maximum Gasteiger partial charge on any atom is 0.0700 e. The molecule has 0 saturated carbocycles. The summed E-state index contributed by atoms with van der Waals surface area (Å²) in [6, 6.07) is 0.658. The number of nitrogens with one attached hydrogen (secondary N) is 1. The maximum absolute atomic E-state index is 5.58. The molecule has 0 bridgehead atoms. The van der Waals surface area contributed by atoms with E-state index in [1.807, 2.05) is 0 Å². The van der Waals surface area contributed by atoms with Crippen LogP contribution in [-0.2, 0) is 4.74 Å². The monoisotopic (exact) mass is 213 g/mol. The Bertz CT molecular complexity index is 143. The van der Waals surface area contributed by atoms with Crippen LogP contribution in [0.3, 0.4) is 0 Å². The van der Waals surface area contributed by atoms with Gasteiger partial charge in [-0.25, -0.2) is 0 Å². The molecule has 2 atom stereocenters. The van der Waals surface area contributed by atoms with Gasteiger partial charge < -0.3 is 10.1 Å². The minimum absolute atomic E-state index is 0.489. The molecular weight excluding hydrogens is 186 g/mol. The zero-order valence-corrected chi connectivity index (χ0v) is 10.4. The van der Waals surface area contributed by atoms with Gasteiger partial charge in [0, 0.05) is 19.2 Å². The van der Waals surface area contributed by atoms with Crippen LogP contribution in [0.25, 0.3) is 0 Å². The molecule has 0 unspecified atom stereocenters. The number of hydrogen-bond acceptors (Lipinski definition) is 2. The SMILES string of the molecule is CCCCCC[C@H](C)NC[C@@H]1CCCO1. The van der Waals surface area contributed by atoms with Crippen molar-refractivity contribution in [2.24, 2.45) is 0 Å². The summed E-state index contributed by atoms with van der Waals surface area (Å²) in [6.07, 6.45) is 9.77. The predicted octanol–water partition coefficient (Wildman–Crippen LogP) is 3.11. The first-order valence-corrected chi connectivity index (χ1v) is 6.68. The Morgan fingerprint density at radius 3 is 2.87 bits per heavy atom. The highest BCUT2D eigenvalue weighted by Gasteiger charge is 2.15. The summed E-state index contributed by atoms with van der Waals surface area (Å²) in [7, 11) is 0. The first-order chi connectivity index (χ1) is 7.33. The standard InChI is InChI=1S/C13H27NO/c1-3-4-5-6-8-12(2)14-11-13-9-7-10-15-13/h12-14H,3-11H2,1-2H3/t12-,13-/m0/s1. The highest BCUT2D eigenvalue weighted by molar-refractivity contribution is 4.70. The molecule has 0 radical (unpaired) electrons. The van der Waals surface area contributed by atoms with Crippen molar-refractivity contribution in [2.75, 3.05) is 13.2 Å². The first kappa shape index (κ1) is 13.0. The molecule has 1 saturated heterocycles. The maximum atomic E-state index is 5.58. The van der Waals surface area contributed by atoms with Crippen molar-refractivity contribution >= 4 is 0 Å². The molecule has 15 heavy (non-hydrogen) atoms. The summed E-state index contributed by atoms with van der Waals surface area (Å²) in [5, 5.41) is 3.58. The van der Waals surface area contributed by atoms with E-state index in [4.69, 9.17) is 4.74 Å². The van der Waals surface area contributed by atoms with E-state index in [1.165, 1.54) is 44.9 Å². The van der Waals surface area contributed by atoms with E-state index in [1.54, 1.807) is 0 Å². The van der Waals surface area contributed by atoms with Crippen LogP contribution < -0.4 is 5.32 Å². The molecule has 1 heterocycles. The van der Waals surface area contributed by atoms with E-state index in [0.29, 0.717) is 12.1 Å². The third-order valence-electron chi connectivity index (χ3n) is 3.21. The quantitative estimate of drug-likeness (QED) is 0.626. The first-order valence-electron chi connectivity index (χ1n) is 6.68. The summed E-state index contributed by atoms with van der Waals surface area (Å²) in [6.45, 7) is 6.58. The van der Waals surface area contributed by atoms with E-state index in [2.05, 4.69) is 19.2 Å². The van der Waals surface area contributed by atoms with Crippen LogP contribution in [0.2, 0.25) is 0 Å². The third kappa shape index (κ3) is 6.16. The zero-order valence-electron chi connectivity index (χ0n) is 10.4. The second kappa shape index (κ2) is 8.12. The Morgan fingerprint density at radius 2 is 2.20 bits per heavy atom. The average molecular weight is 213 g/mol. The zero-order chi connectivity index (χ0) is 10.9. The van der Waals surface area contributed by atoms with Gasteiger partial charge >= 0.3 is 0 Å². The second-order valence-corrected chi connectivity index (χ2v) is 4.79. The van der Waals surface area contributed by atoms with E-state index in [-0.39, 0.29) is 0 Å². The molecule has 1 fully saturated rings. The lowest BCUT2D eigenvalue weighted by Crippen LogP contribution is -2.33. The Kier molecular flexibility index (Phi) is 7.03. The van der Waals surface area contributed by atoms with E-state index in [0.717, 1.165) is 13.2 Å². The highest BCUT2D eigenvalue weighted by atomic mass is 16.5. The van der Waals surface area contributed by atoms with Gasteiger partial charge in [0.15, 0.2) is 0 Å². The largest absolute Gasteiger partial charge is 0.377 e. The number of unbranched alkanes of at least 4 members (excludes halogenated alkanes) is 3. The predicted molar refractivity (Wildman–Crippen MR) is 65.2 cm³/mol. The summed E-state index contributed by atoms with van der Waals surface area (Å²) in [5.41, 5.74) is 0. The van der Waals surface area contributed by atoms with Crippen molar-refractivity contribution in [1.29, 1.82) is 0 Å². The van der Waals surface area contributed by atoms with Gasteiger partial charge in [-0.05, 0) is 26.2 Å². The highest BCUT2D eigenvalue weighted by Crippen LogP contribution is 2.11. The van der Waals surface area contributed by atoms with Crippen LogP contribution in [0.5, 0.6) is 0 Å². The van der Waals surface area contributed by atoms with Crippen molar-refractivity contribution in [3.8, 4) is 0 Å². The van der Waals surface area contributed by atoms with Gasteiger partial charge in [0.2, 0.25) is 0 Å². The van der Waals surface area contributed by atoms with Gasteiger partial charge in [-0.3, -0.25) is 0 Å². The minimum Gasteiger partial charge on any atom is -0.377 e. The molecule has 1 N–H and O–H groups in total. The van der Waals surface area contributed by atoms with Crippen molar-refractivity contribution < 1.29 is 4.74 Å². The van der Waals surface area contributed by atoms with Gasteiger partial charge in [-0.1, -0.05) is 32.6 Å². The molecule has 90 valence electrons. The van der Waals surface area contributed by atoms with Gasteiger partial charge in [-0.15, -0.1) is 0 Å². The molecule has 1 aliphatic heterocycles. The fraction of sp³-hybridized carbons (Fsp3) is 1.00. The third-order valence-corrected chi connectivity index (χ3v) is 3.21. The number of ether oxygens (including phenoxy) is 1. The number of rotatable bonds is 8. The molecule has 1 aliphatic rings. The van der Waals surface area contributed by atoms with Crippen molar-refractivity contribution in [2.45, 2.75) is 70.9 Å². The Labute approximate surface area is 94.8 Å². The van der Waals surface area contributed by atoms with Crippen LogP contribution >= 0.6 is 0 Å². The minimum atomic E-state index is 0.489. The van der Waals surface area contributed by atoms with Gasteiger partial charge in [-0.2, -0.15) is 0 Å². The molecule has 0 aromatic heterocycles.